The smallest absolute Gasteiger partial charge is 0.321 e. The van der Waals surface area contributed by atoms with Gasteiger partial charge in [0.15, 0.2) is 0 Å². The van der Waals surface area contributed by atoms with Gasteiger partial charge in [-0.15, -0.1) is 0 Å². The van der Waals surface area contributed by atoms with Crippen LogP contribution in [0.3, 0.4) is 0 Å². The van der Waals surface area contributed by atoms with E-state index < -0.39 is 6.03 Å². The Kier molecular flexibility index (Phi) is 4.68. The van der Waals surface area contributed by atoms with Gasteiger partial charge < -0.3 is 5.32 Å². The number of nitrogens with zero attached hydrogens (tertiary/aromatic N) is 1. The van der Waals surface area contributed by atoms with Crippen LogP contribution < -0.4 is 10.6 Å². The highest BCUT2D eigenvalue weighted by Gasteiger charge is 2.31. The first kappa shape index (κ1) is 15.2. The Morgan fingerprint density at radius 3 is 1.87 bits per heavy atom. The molecule has 2 aromatic carbocycles. The molecule has 2 aromatic rings. The van der Waals surface area contributed by atoms with E-state index in [0.29, 0.717) is 19.6 Å². The van der Waals surface area contributed by atoms with Crippen LogP contribution in [0.15, 0.2) is 60.7 Å². The van der Waals surface area contributed by atoms with Crippen LogP contribution in [0.5, 0.6) is 0 Å². The molecule has 1 unspecified atom stereocenters. The molecule has 118 valence electrons. The van der Waals surface area contributed by atoms with Crippen LogP contribution >= 0.6 is 0 Å². The summed E-state index contributed by atoms with van der Waals surface area (Å²) in [5.74, 6) is -0.249. The molecule has 5 heteroatoms. The second-order valence-electron chi connectivity index (χ2n) is 5.59. The molecule has 0 aromatic heterocycles. The van der Waals surface area contributed by atoms with E-state index in [1.807, 2.05) is 60.7 Å². The minimum Gasteiger partial charge on any atom is -0.336 e. The van der Waals surface area contributed by atoms with Crippen molar-refractivity contribution in [2.24, 2.45) is 0 Å². The molecule has 5 nitrogen and oxygen atoms in total. The molecule has 1 atom stereocenters. The molecule has 1 heterocycles. The van der Waals surface area contributed by atoms with Gasteiger partial charge in [-0.25, -0.2) is 4.79 Å². The van der Waals surface area contributed by atoms with E-state index in [0.717, 1.165) is 11.1 Å². The zero-order valence-electron chi connectivity index (χ0n) is 12.7. The van der Waals surface area contributed by atoms with E-state index in [1.54, 1.807) is 0 Å². The molecular weight excluding hydrogens is 290 g/mol. The SMILES string of the molecule is O=C1NCC(N(Cc2ccccc2)Cc2ccccc2)C(=O)N1. The van der Waals surface area contributed by atoms with Gasteiger partial charge in [0, 0.05) is 19.6 Å². The van der Waals surface area contributed by atoms with E-state index in [4.69, 9.17) is 0 Å². The first-order valence-electron chi connectivity index (χ1n) is 7.63. The number of benzene rings is 2. The van der Waals surface area contributed by atoms with Crippen molar-refractivity contribution in [3.8, 4) is 0 Å². The van der Waals surface area contributed by atoms with Crippen LogP contribution in [0.2, 0.25) is 0 Å². The highest BCUT2D eigenvalue weighted by molar-refractivity contribution is 5.99. The summed E-state index contributed by atoms with van der Waals surface area (Å²) in [7, 11) is 0. The Morgan fingerprint density at radius 1 is 0.870 bits per heavy atom. The molecular formula is C18H19N3O2. The summed E-state index contributed by atoms with van der Waals surface area (Å²) in [5, 5.41) is 5.05. The summed E-state index contributed by atoms with van der Waals surface area (Å²) >= 11 is 0. The second kappa shape index (κ2) is 7.07. The van der Waals surface area contributed by atoms with Gasteiger partial charge in [0.1, 0.15) is 6.04 Å². The van der Waals surface area contributed by atoms with Crippen molar-refractivity contribution < 1.29 is 9.59 Å². The third-order valence-electron chi connectivity index (χ3n) is 3.89. The molecule has 23 heavy (non-hydrogen) atoms. The Hall–Kier alpha value is -2.66. The van der Waals surface area contributed by atoms with Gasteiger partial charge >= 0.3 is 6.03 Å². The number of rotatable bonds is 5. The summed E-state index contributed by atoms with van der Waals surface area (Å²) in [6.07, 6.45) is 0. The Labute approximate surface area is 135 Å². The second-order valence-corrected chi connectivity index (χ2v) is 5.59. The average Bonchev–Trinajstić information content (AvgIpc) is 2.56. The molecule has 3 rings (SSSR count). The summed E-state index contributed by atoms with van der Waals surface area (Å²) in [4.78, 5) is 25.6. The van der Waals surface area contributed by atoms with E-state index in [-0.39, 0.29) is 11.9 Å². The lowest BCUT2D eigenvalue weighted by molar-refractivity contribution is -0.126. The largest absolute Gasteiger partial charge is 0.336 e. The van der Waals surface area contributed by atoms with Crippen LogP contribution in [0, 0.1) is 0 Å². The van der Waals surface area contributed by atoms with E-state index in [1.165, 1.54) is 0 Å². The summed E-state index contributed by atoms with van der Waals surface area (Å²) in [5.41, 5.74) is 2.27. The Bertz CT molecular complexity index is 632. The van der Waals surface area contributed by atoms with Crippen LogP contribution in [0.1, 0.15) is 11.1 Å². The molecule has 1 saturated heterocycles. The van der Waals surface area contributed by atoms with Crippen LogP contribution in [-0.2, 0) is 17.9 Å². The molecule has 2 N–H and O–H groups in total. The lowest BCUT2D eigenvalue weighted by atomic mass is 10.1. The van der Waals surface area contributed by atoms with Crippen molar-refractivity contribution in [1.29, 1.82) is 0 Å². The van der Waals surface area contributed by atoms with E-state index >= 15 is 0 Å². The molecule has 3 amide bonds. The molecule has 0 spiro atoms. The predicted octanol–water partition coefficient (Wildman–Crippen LogP) is 1.90. The number of carbonyl (C=O) groups excluding carboxylic acids is 2. The van der Waals surface area contributed by atoms with Crippen molar-refractivity contribution in [3.05, 3.63) is 71.8 Å². The van der Waals surface area contributed by atoms with Gasteiger partial charge in [0.2, 0.25) is 5.91 Å². The number of nitrogens with one attached hydrogen (secondary N) is 2. The first-order valence-corrected chi connectivity index (χ1v) is 7.63. The molecule has 1 fully saturated rings. The standard InChI is InChI=1S/C18H19N3O2/c22-17-16(11-19-18(23)20-17)21(12-14-7-3-1-4-8-14)13-15-9-5-2-6-10-15/h1-10,16H,11-13H2,(H2,19,20,22,23). The number of carbonyl (C=O) groups is 2. The lowest BCUT2D eigenvalue weighted by Gasteiger charge is -2.33. The maximum absolute atomic E-state index is 12.2. The van der Waals surface area contributed by atoms with Crippen LogP contribution in [0.4, 0.5) is 4.79 Å². The maximum Gasteiger partial charge on any atom is 0.321 e. The summed E-state index contributed by atoms with van der Waals surface area (Å²) in [6, 6.07) is 19.2. The third kappa shape index (κ3) is 3.96. The molecule has 1 aliphatic rings. The first-order chi connectivity index (χ1) is 11.2. The molecule has 0 saturated carbocycles. The van der Waals surface area contributed by atoms with Crippen LogP contribution in [-0.4, -0.2) is 29.4 Å². The summed E-state index contributed by atoms with van der Waals surface area (Å²) in [6.45, 7) is 1.61. The number of urea groups is 1. The van der Waals surface area contributed by atoms with Crippen molar-refractivity contribution in [1.82, 2.24) is 15.5 Å². The van der Waals surface area contributed by atoms with E-state index in [9.17, 15) is 9.59 Å². The minimum atomic E-state index is -0.425. The topological polar surface area (TPSA) is 61.4 Å². The molecule has 1 aliphatic heterocycles. The number of imide groups is 1. The lowest BCUT2D eigenvalue weighted by Crippen LogP contribution is -2.60. The van der Waals surface area contributed by atoms with Gasteiger partial charge in [0.05, 0.1) is 0 Å². The van der Waals surface area contributed by atoms with Gasteiger partial charge in [-0.2, -0.15) is 0 Å². The zero-order chi connectivity index (χ0) is 16.1. The number of amides is 3. The fraction of sp³-hybridized carbons (Fsp3) is 0.222. The molecule has 0 aliphatic carbocycles. The van der Waals surface area contributed by atoms with Gasteiger partial charge in [0.25, 0.3) is 0 Å². The van der Waals surface area contributed by atoms with Gasteiger partial charge in [-0.1, -0.05) is 60.7 Å². The normalized spacial score (nSPS) is 17.7. The quantitative estimate of drug-likeness (QED) is 0.887. The molecule has 0 radical (unpaired) electrons. The number of hydrogen-bond acceptors (Lipinski definition) is 3. The Morgan fingerprint density at radius 2 is 1.39 bits per heavy atom. The Balaban J connectivity index is 1.80. The highest BCUT2D eigenvalue weighted by atomic mass is 16.2. The van der Waals surface area contributed by atoms with E-state index in [2.05, 4.69) is 15.5 Å². The van der Waals surface area contributed by atoms with Crippen molar-refractivity contribution >= 4 is 11.9 Å². The minimum absolute atomic E-state index is 0.249. The van der Waals surface area contributed by atoms with Crippen molar-refractivity contribution in [3.63, 3.8) is 0 Å². The number of hydrogen-bond donors (Lipinski definition) is 2. The summed E-state index contributed by atoms with van der Waals surface area (Å²) < 4.78 is 0. The fourth-order valence-corrected chi connectivity index (χ4v) is 2.73. The zero-order valence-corrected chi connectivity index (χ0v) is 12.7. The predicted molar refractivity (Wildman–Crippen MR) is 87.5 cm³/mol. The molecule has 0 bridgehead atoms. The maximum atomic E-state index is 12.2. The fourth-order valence-electron chi connectivity index (χ4n) is 2.73. The monoisotopic (exact) mass is 309 g/mol. The average molecular weight is 309 g/mol. The third-order valence-corrected chi connectivity index (χ3v) is 3.89. The van der Waals surface area contributed by atoms with Gasteiger partial charge in [-0.3, -0.25) is 15.0 Å². The van der Waals surface area contributed by atoms with Gasteiger partial charge in [-0.05, 0) is 11.1 Å². The highest BCUT2D eigenvalue weighted by Crippen LogP contribution is 2.14. The van der Waals surface area contributed by atoms with Crippen molar-refractivity contribution in [2.75, 3.05) is 6.54 Å². The van der Waals surface area contributed by atoms with Crippen molar-refractivity contribution in [2.45, 2.75) is 19.1 Å². The van der Waals surface area contributed by atoms with Crippen LogP contribution in [0.25, 0.3) is 0 Å².